The zero-order chi connectivity index (χ0) is 19.6. The molecule has 0 aliphatic heterocycles. The molecule has 2 aromatic carbocycles. The van der Waals surface area contributed by atoms with Crippen LogP contribution in [0.25, 0.3) is 0 Å². The maximum atomic E-state index is 13.7. The van der Waals surface area contributed by atoms with Gasteiger partial charge in [0.2, 0.25) is 11.6 Å². The van der Waals surface area contributed by atoms with Crippen LogP contribution >= 0.6 is 23.2 Å². The van der Waals surface area contributed by atoms with Gasteiger partial charge in [-0.2, -0.15) is 8.78 Å². The normalized spacial score (nSPS) is 12.4. The summed E-state index contributed by atoms with van der Waals surface area (Å²) in [5.41, 5.74) is 0.539. The van der Waals surface area contributed by atoms with Gasteiger partial charge >= 0.3 is 0 Å². The summed E-state index contributed by atoms with van der Waals surface area (Å²) in [6.07, 6.45) is -0.917. The molecule has 0 bridgehead atoms. The smallest absolute Gasteiger partial charge is 0.203 e. The van der Waals surface area contributed by atoms with Crippen molar-refractivity contribution in [3.05, 3.63) is 57.1 Å². The second kappa shape index (κ2) is 8.35. The first-order valence-electron chi connectivity index (χ1n) is 7.75. The van der Waals surface area contributed by atoms with Crippen molar-refractivity contribution < 1.29 is 27.0 Å². The molecule has 1 unspecified atom stereocenters. The van der Waals surface area contributed by atoms with Crippen LogP contribution in [0, 0.1) is 23.3 Å². The Bertz CT molecular complexity index is 786. The first-order valence-corrected chi connectivity index (χ1v) is 8.50. The monoisotopic (exact) mass is 410 g/mol. The fourth-order valence-electron chi connectivity index (χ4n) is 2.28. The minimum atomic E-state index is -1.60. The average Bonchev–Trinajstić information content (AvgIpc) is 2.56. The van der Waals surface area contributed by atoms with Crippen molar-refractivity contribution in [3.63, 3.8) is 0 Å². The lowest BCUT2D eigenvalue weighted by Gasteiger charge is -2.19. The van der Waals surface area contributed by atoms with Gasteiger partial charge in [-0.25, -0.2) is 8.78 Å². The molecule has 0 spiro atoms. The molecule has 26 heavy (non-hydrogen) atoms. The van der Waals surface area contributed by atoms with E-state index < -0.39 is 35.1 Å². The molecule has 0 fully saturated rings. The van der Waals surface area contributed by atoms with Crippen LogP contribution in [0.4, 0.5) is 17.6 Å². The Kier molecular flexibility index (Phi) is 6.64. The fraction of sp³-hybridized carbons (Fsp3) is 0.333. The van der Waals surface area contributed by atoms with Gasteiger partial charge in [0.05, 0.1) is 16.1 Å². The summed E-state index contributed by atoms with van der Waals surface area (Å²) in [6, 6.07) is 3.29. The quantitative estimate of drug-likeness (QED) is 0.408. The molecule has 142 valence electrons. The van der Waals surface area contributed by atoms with Crippen LogP contribution in [-0.2, 0) is 6.42 Å². The first-order chi connectivity index (χ1) is 12.1. The Morgan fingerprint density at radius 2 is 1.46 bits per heavy atom. The highest BCUT2D eigenvalue weighted by molar-refractivity contribution is 6.37. The van der Waals surface area contributed by atoms with E-state index in [9.17, 15) is 17.6 Å². The van der Waals surface area contributed by atoms with Gasteiger partial charge in [0.15, 0.2) is 23.1 Å². The predicted octanol–water partition coefficient (Wildman–Crippen LogP) is 6.35. The Morgan fingerprint density at radius 3 is 2.00 bits per heavy atom. The molecule has 0 saturated heterocycles. The fourth-order valence-corrected chi connectivity index (χ4v) is 2.82. The third-order valence-corrected chi connectivity index (χ3v) is 4.09. The van der Waals surface area contributed by atoms with E-state index in [2.05, 4.69) is 0 Å². The largest absolute Gasteiger partial charge is 0.488 e. The van der Waals surface area contributed by atoms with Crippen LogP contribution < -0.4 is 9.47 Å². The molecule has 0 heterocycles. The van der Waals surface area contributed by atoms with Crippen LogP contribution in [0.15, 0.2) is 18.2 Å². The Balaban J connectivity index is 2.25. The number of hydrogen-bond acceptors (Lipinski definition) is 2. The molecule has 2 rings (SSSR count). The molecule has 0 aliphatic rings. The standard InChI is InChI=1S/C18H16Cl2F4O2/c1-8(2)25-17-11(19)5-4-10(14(17)20)6-9(3)26-18-15(23)12(21)7-13(22)16(18)24/h4-5,7-9H,6H2,1-3H3. The summed E-state index contributed by atoms with van der Waals surface area (Å²) in [6.45, 7) is 5.08. The summed E-state index contributed by atoms with van der Waals surface area (Å²) in [5.74, 6) is -7.10. The van der Waals surface area contributed by atoms with E-state index in [1.807, 2.05) is 0 Å². The van der Waals surface area contributed by atoms with Crippen LogP contribution in [0.2, 0.25) is 10.0 Å². The second-order valence-corrected chi connectivity index (χ2v) is 6.73. The minimum absolute atomic E-state index is 0.0987. The Morgan fingerprint density at radius 1 is 0.885 bits per heavy atom. The van der Waals surface area contributed by atoms with Crippen molar-refractivity contribution in [1.82, 2.24) is 0 Å². The van der Waals surface area contributed by atoms with Crippen molar-refractivity contribution in [2.45, 2.75) is 39.4 Å². The van der Waals surface area contributed by atoms with E-state index >= 15 is 0 Å². The summed E-state index contributed by atoms with van der Waals surface area (Å²) in [5, 5.41) is 0.540. The molecule has 0 amide bonds. The Labute approximate surface area is 158 Å². The van der Waals surface area contributed by atoms with Crippen LogP contribution in [0.5, 0.6) is 11.5 Å². The average molecular weight is 411 g/mol. The van der Waals surface area contributed by atoms with Gasteiger partial charge in [0.1, 0.15) is 6.10 Å². The SMILES string of the molecule is CC(C)Oc1c(Cl)ccc(CC(C)Oc2c(F)c(F)cc(F)c2F)c1Cl. The zero-order valence-electron chi connectivity index (χ0n) is 14.2. The molecule has 0 N–H and O–H groups in total. The van der Waals surface area contributed by atoms with Gasteiger partial charge in [-0.05, 0) is 32.4 Å². The highest BCUT2D eigenvalue weighted by atomic mass is 35.5. The van der Waals surface area contributed by atoms with Crippen molar-refractivity contribution in [2.24, 2.45) is 0 Å². The number of benzene rings is 2. The van der Waals surface area contributed by atoms with Gasteiger partial charge in [0, 0.05) is 12.5 Å². The van der Waals surface area contributed by atoms with Crippen LogP contribution in [0.1, 0.15) is 26.3 Å². The summed E-state index contributed by atoms with van der Waals surface area (Å²) >= 11 is 12.4. The van der Waals surface area contributed by atoms with Gasteiger partial charge in [-0.1, -0.05) is 29.3 Å². The summed E-state index contributed by atoms with van der Waals surface area (Å²) in [4.78, 5) is 0. The van der Waals surface area contributed by atoms with Crippen LogP contribution in [-0.4, -0.2) is 12.2 Å². The maximum Gasteiger partial charge on any atom is 0.203 e. The van der Waals surface area contributed by atoms with E-state index in [-0.39, 0.29) is 29.4 Å². The number of ether oxygens (including phenoxy) is 2. The van der Waals surface area contributed by atoms with E-state index in [0.717, 1.165) is 0 Å². The van der Waals surface area contributed by atoms with Crippen molar-refractivity contribution >= 4 is 23.2 Å². The number of halogens is 6. The minimum Gasteiger partial charge on any atom is -0.488 e. The topological polar surface area (TPSA) is 18.5 Å². The van der Waals surface area contributed by atoms with Crippen molar-refractivity contribution in [3.8, 4) is 11.5 Å². The summed E-state index contributed by atoms with van der Waals surface area (Å²) in [7, 11) is 0. The number of hydrogen-bond donors (Lipinski definition) is 0. The van der Waals surface area contributed by atoms with Crippen molar-refractivity contribution in [2.75, 3.05) is 0 Å². The van der Waals surface area contributed by atoms with Crippen molar-refractivity contribution in [1.29, 1.82) is 0 Å². The van der Waals surface area contributed by atoms with Gasteiger partial charge < -0.3 is 9.47 Å². The van der Waals surface area contributed by atoms with Crippen LogP contribution in [0.3, 0.4) is 0 Å². The van der Waals surface area contributed by atoms with E-state index in [1.165, 1.54) is 6.92 Å². The molecule has 0 radical (unpaired) electrons. The zero-order valence-corrected chi connectivity index (χ0v) is 15.7. The highest BCUT2D eigenvalue weighted by Gasteiger charge is 2.23. The third kappa shape index (κ3) is 4.54. The molecule has 1 atom stereocenters. The molecule has 0 saturated carbocycles. The molecule has 0 aromatic heterocycles. The lowest BCUT2D eigenvalue weighted by Crippen LogP contribution is -2.18. The van der Waals surface area contributed by atoms with E-state index in [0.29, 0.717) is 10.6 Å². The molecule has 8 heteroatoms. The van der Waals surface area contributed by atoms with Gasteiger partial charge in [-0.15, -0.1) is 0 Å². The lowest BCUT2D eigenvalue weighted by atomic mass is 10.1. The Hall–Kier alpha value is -1.66. The molecular weight excluding hydrogens is 395 g/mol. The highest BCUT2D eigenvalue weighted by Crippen LogP contribution is 2.37. The molecule has 0 aliphatic carbocycles. The maximum absolute atomic E-state index is 13.7. The molecular formula is C18H16Cl2F4O2. The van der Waals surface area contributed by atoms with Gasteiger partial charge in [0.25, 0.3) is 0 Å². The van der Waals surface area contributed by atoms with E-state index in [4.69, 9.17) is 32.7 Å². The second-order valence-electron chi connectivity index (χ2n) is 5.95. The van der Waals surface area contributed by atoms with Gasteiger partial charge in [-0.3, -0.25) is 0 Å². The molecule has 2 nitrogen and oxygen atoms in total. The molecule has 2 aromatic rings. The first kappa shape index (κ1) is 20.6. The van der Waals surface area contributed by atoms with E-state index in [1.54, 1.807) is 26.0 Å². The summed E-state index contributed by atoms with van der Waals surface area (Å²) < 4.78 is 64.6. The third-order valence-electron chi connectivity index (χ3n) is 3.38. The number of rotatable bonds is 6. The lowest BCUT2D eigenvalue weighted by molar-refractivity contribution is 0.195. The predicted molar refractivity (Wildman–Crippen MR) is 92.3 cm³/mol.